The molecule has 1 N–H and O–H groups in total. The van der Waals surface area contributed by atoms with Gasteiger partial charge in [-0.25, -0.2) is 0 Å². The van der Waals surface area contributed by atoms with Gasteiger partial charge in [0.15, 0.2) is 0 Å². The van der Waals surface area contributed by atoms with Crippen molar-refractivity contribution in [1.82, 2.24) is 9.78 Å². The molecule has 18 heavy (non-hydrogen) atoms. The van der Waals surface area contributed by atoms with Gasteiger partial charge in [0.05, 0.1) is 17.8 Å². The molecule has 1 heterocycles. The molecule has 0 saturated carbocycles. The summed E-state index contributed by atoms with van der Waals surface area (Å²) >= 11 is 0. The van der Waals surface area contributed by atoms with Gasteiger partial charge in [0.2, 0.25) is 0 Å². The number of aryl methyl sites for hydroxylation is 1. The minimum atomic E-state index is -0.691. The SMILES string of the molecule is CCCn1cc(C(O)c2ccc(C#N)cc2)cn1. The number of hydrogen-bond donors (Lipinski definition) is 1. The van der Waals surface area contributed by atoms with Gasteiger partial charge >= 0.3 is 0 Å². The first kappa shape index (κ1) is 12.3. The second kappa shape index (κ2) is 5.48. The van der Waals surface area contributed by atoms with Gasteiger partial charge in [-0.05, 0) is 24.1 Å². The van der Waals surface area contributed by atoms with E-state index < -0.39 is 6.10 Å². The molecule has 0 fully saturated rings. The largest absolute Gasteiger partial charge is 0.384 e. The van der Waals surface area contributed by atoms with Crippen LogP contribution in [0.1, 0.15) is 36.1 Å². The van der Waals surface area contributed by atoms with E-state index >= 15 is 0 Å². The normalized spacial score (nSPS) is 12.1. The first-order valence-electron chi connectivity index (χ1n) is 5.95. The van der Waals surface area contributed by atoms with Crippen LogP contribution in [-0.4, -0.2) is 14.9 Å². The summed E-state index contributed by atoms with van der Waals surface area (Å²) in [4.78, 5) is 0. The van der Waals surface area contributed by atoms with Crippen LogP contribution >= 0.6 is 0 Å². The molecular weight excluding hydrogens is 226 g/mol. The van der Waals surface area contributed by atoms with Crippen molar-refractivity contribution in [3.8, 4) is 6.07 Å². The fourth-order valence-corrected chi connectivity index (χ4v) is 1.80. The fourth-order valence-electron chi connectivity index (χ4n) is 1.80. The highest BCUT2D eigenvalue weighted by Gasteiger charge is 2.12. The van der Waals surface area contributed by atoms with Gasteiger partial charge in [0.1, 0.15) is 6.10 Å². The van der Waals surface area contributed by atoms with Crippen molar-refractivity contribution in [3.63, 3.8) is 0 Å². The molecule has 1 aromatic carbocycles. The highest BCUT2D eigenvalue weighted by Crippen LogP contribution is 2.21. The molecule has 0 aliphatic carbocycles. The summed E-state index contributed by atoms with van der Waals surface area (Å²) in [5.41, 5.74) is 2.13. The molecule has 2 rings (SSSR count). The van der Waals surface area contributed by atoms with Crippen LogP contribution in [0.15, 0.2) is 36.7 Å². The molecule has 4 nitrogen and oxygen atoms in total. The second-order valence-electron chi connectivity index (χ2n) is 4.17. The lowest BCUT2D eigenvalue weighted by molar-refractivity contribution is 0.220. The lowest BCUT2D eigenvalue weighted by atomic mass is 10.0. The number of hydrogen-bond acceptors (Lipinski definition) is 3. The van der Waals surface area contributed by atoms with Gasteiger partial charge in [0, 0.05) is 18.3 Å². The average Bonchev–Trinajstić information content (AvgIpc) is 2.87. The summed E-state index contributed by atoms with van der Waals surface area (Å²) in [6.07, 6.45) is 3.85. The van der Waals surface area contributed by atoms with Crippen LogP contribution in [0, 0.1) is 11.3 Å². The van der Waals surface area contributed by atoms with E-state index in [1.165, 1.54) is 0 Å². The Morgan fingerprint density at radius 1 is 1.33 bits per heavy atom. The zero-order chi connectivity index (χ0) is 13.0. The molecule has 0 bridgehead atoms. The van der Waals surface area contributed by atoms with Gasteiger partial charge in [0.25, 0.3) is 0 Å². The summed E-state index contributed by atoms with van der Waals surface area (Å²) in [6, 6.07) is 8.99. The first-order valence-corrected chi connectivity index (χ1v) is 5.95. The highest BCUT2D eigenvalue weighted by molar-refractivity contribution is 5.35. The molecule has 0 aliphatic rings. The van der Waals surface area contributed by atoms with Crippen LogP contribution in [0.25, 0.3) is 0 Å². The summed E-state index contributed by atoms with van der Waals surface area (Å²) in [7, 11) is 0. The van der Waals surface area contributed by atoms with Crippen molar-refractivity contribution in [1.29, 1.82) is 5.26 Å². The Bertz CT molecular complexity index is 551. The smallest absolute Gasteiger partial charge is 0.107 e. The van der Waals surface area contributed by atoms with E-state index in [0.717, 1.165) is 24.1 Å². The molecule has 0 aliphatic heterocycles. The van der Waals surface area contributed by atoms with E-state index in [1.807, 2.05) is 10.9 Å². The first-order chi connectivity index (χ1) is 8.74. The van der Waals surface area contributed by atoms with Crippen molar-refractivity contribution in [2.45, 2.75) is 26.0 Å². The maximum absolute atomic E-state index is 10.2. The lowest BCUT2D eigenvalue weighted by Gasteiger charge is -2.08. The topological polar surface area (TPSA) is 61.8 Å². The molecule has 0 saturated heterocycles. The number of aromatic nitrogens is 2. The quantitative estimate of drug-likeness (QED) is 0.893. The minimum Gasteiger partial charge on any atom is -0.384 e. The third-order valence-electron chi connectivity index (χ3n) is 2.78. The molecule has 2 aromatic rings. The Kier molecular flexibility index (Phi) is 3.75. The van der Waals surface area contributed by atoms with Gasteiger partial charge in [-0.3, -0.25) is 4.68 Å². The monoisotopic (exact) mass is 241 g/mol. The molecule has 0 radical (unpaired) electrons. The number of nitrogens with zero attached hydrogens (tertiary/aromatic N) is 3. The standard InChI is InChI=1S/C14H15N3O/c1-2-7-17-10-13(9-16-17)14(18)12-5-3-11(8-15)4-6-12/h3-6,9-10,14,18H,2,7H2,1H3. The van der Waals surface area contributed by atoms with Crippen LogP contribution in [0.3, 0.4) is 0 Å². The summed E-state index contributed by atoms with van der Waals surface area (Å²) in [5, 5.41) is 23.1. The minimum absolute atomic E-state index is 0.590. The number of aliphatic hydroxyl groups excluding tert-OH is 1. The summed E-state index contributed by atoms with van der Waals surface area (Å²) < 4.78 is 1.82. The van der Waals surface area contributed by atoms with Gasteiger partial charge in [-0.15, -0.1) is 0 Å². The predicted octanol–water partition coefficient (Wildman–Crippen LogP) is 2.25. The van der Waals surface area contributed by atoms with Crippen molar-refractivity contribution < 1.29 is 5.11 Å². The van der Waals surface area contributed by atoms with E-state index in [9.17, 15) is 5.11 Å². The van der Waals surface area contributed by atoms with E-state index in [1.54, 1.807) is 30.5 Å². The van der Waals surface area contributed by atoms with Gasteiger partial charge in [-0.1, -0.05) is 19.1 Å². The van der Waals surface area contributed by atoms with Crippen molar-refractivity contribution in [2.75, 3.05) is 0 Å². The van der Waals surface area contributed by atoms with Crippen LogP contribution in [0.2, 0.25) is 0 Å². The summed E-state index contributed by atoms with van der Waals surface area (Å²) in [5.74, 6) is 0. The summed E-state index contributed by atoms with van der Waals surface area (Å²) in [6.45, 7) is 2.93. The van der Waals surface area contributed by atoms with Gasteiger partial charge < -0.3 is 5.11 Å². The molecule has 0 amide bonds. The maximum atomic E-state index is 10.2. The zero-order valence-electron chi connectivity index (χ0n) is 10.2. The number of rotatable bonds is 4. The van der Waals surface area contributed by atoms with E-state index in [-0.39, 0.29) is 0 Å². The highest BCUT2D eigenvalue weighted by atomic mass is 16.3. The average molecular weight is 241 g/mol. The van der Waals surface area contributed by atoms with Crippen molar-refractivity contribution in [3.05, 3.63) is 53.3 Å². The Hall–Kier alpha value is -2.12. The fraction of sp³-hybridized carbons (Fsp3) is 0.286. The second-order valence-corrected chi connectivity index (χ2v) is 4.17. The van der Waals surface area contributed by atoms with Crippen LogP contribution < -0.4 is 0 Å². The molecule has 1 aromatic heterocycles. The van der Waals surface area contributed by atoms with Crippen molar-refractivity contribution in [2.24, 2.45) is 0 Å². The van der Waals surface area contributed by atoms with E-state index in [4.69, 9.17) is 5.26 Å². The Morgan fingerprint density at radius 3 is 2.67 bits per heavy atom. The Morgan fingerprint density at radius 2 is 2.06 bits per heavy atom. The molecule has 0 spiro atoms. The Labute approximate surface area is 106 Å². The molecule has 92 valence electrons. The van der Waals surface area contributed by atoms with Gasteiger partial charge in [-0.2, -0.15) is 10.4 Å². The molecule has 1 unspecified atom stereocenters. The zero-order valence-corrected chi connectivity index (χ0v) is 10.2. The number of aliphatic hydroxyl groups is 1. The van der Waals surface area contributed by atoms with Crippen LogP contribution in [0.4, 0.5) is 0 Å². The van der Waals surface area contributed by atoms with Crippen LogP contribution in [-0.2, 0) is 6.54 Å². The molecule has 4 heteroatoms. The van der Waals surface area contributed by atoms with Crippen LogP contribution in [0.5, 0.6) is 0 Å². The number of benzene rings is 1. The van der Waals surface area contributed by atoms with Crippen molar-refractivity contribution >= 4 is 0 Å². The third kappa shape index (κ3) is 2.58. The molecule has 1 atom stereocenters. The maximum Gasteiger partial charge on any atom is 0.107 e. The molecular formula is C14H15N3O. The third-order valence-corrected chi connectivity index (χ3v) is 2.78. The van der Waals surface area contributed by atoms with E-state index in [0.29, 0.717) is 5.56 Å². The van der Waals surface area contributed by atoms with E-state index in [2.05, 4.69) is 18.1 Å². The lowest BCUT2D eigenvalue weighted by Crippen LogP contribution is -1.99. The predicted molar refractivity (Wildman–Crippen MR) is 67.7 cm³/mol. The number of nitriles is 1. The Balaban J connectivity index is 2.18.